The molecule has 0 aliphatic rings. The second-order valence-corrected chi connectivity index (χ2v) is 7.39. The Morgan fingerprint density at radius 3 is 2.54 bits per heavy atom. The lowest BCUT2D eigenvalue weighted by Gasteiger charge is -2.11. The maximum atomic E-state index is 13.6. The highest BCUT2D eigenvalue weighted by atomic mass is 79.9. The molecule has 1 aromatic carbocycles. The molecule has 0 aliphatic heterocycles. The van der Waals surface area contributed by atoms with E-state index in [1.54, 1.807) is 24.3 Å². The third kappa shape index (κ3) is 4.20. The Morgan fingerprint density at radius 1 is 1.25 bits per heavy atom. The molecular weight excluding hydrogens is 509 g/mol. The van der Waals surface area contributed by atoms with E-state index < -0.39 is 17.8 Å². The molecule has 0 bridgehead atoms. The third-order valence-corrected chi connectivity index (χ3v) is 5.03. The number of hydrogen-bond donors (Lipinski definition) is 1. The van der Waals surface area contributed by atoms with Crippen molar-refractivity contribution >= 4 is 43.4 Å². The number of carbonyl (C=O) groups is 1. The summed E-state index contributed by atoms with van der Waals surface area (Å²) in [5, 5.41) is 6.36. The Kier molecular flexibility index (Phi) is 6.06. The van der Waals surface area contributed by atoms with Crippen LogP contribution in [-0.4, -0.2) is 40.8 Å². The number of benzene rings is 1. The third-order valence-electron chi connectivity index (χ3n) is 3.77. The summed E-state index contributed by atoms with van der Waals surface area (Å²) in [5.41, 5.74) is -0.728. The number of nitrogens with zero attached hydrogens (tertiary/aromatic N) is 3. The molecule has 0 saturated carbocycles. The van der Waals surface area contributed by atoms with Crippen LogP contribution in [0.5, 0.6) is 0 Å². The number of amides is 1. The van der Waals surface area contributed by atoms with Gasteiger partial charge in [-0.3, -0.25) is 4.79 Å². The van der Waals surface area contributed by atoms with Crippen molar-refractivity contribution < 1.29 is 22.7 Å². The fraction of sp³-hybridized carbons (Fsp3) is 0.235. The number of ether oxygens (including phenoxy) is 1. The summed E-state index contributed by atoms with van der Waals surface area (Å²) < 4.78 is 47.2. The molecule has 0 radical (unpaired) electrons. The first kappa shape index (κ1) is 20.7. The predicted octanol–water partition coefficient (Wildman–Crippen LogP) is 4.32. The Hall–Kier alpha value is -1.98. The van der Waals surface area contributed by atoms with Gasteiger partial charge < -0.3 is 10.1 Å². The van der Waals surface area contributed by atoms with Gasteiger partial charge in [-0.1, -0.05) is 28.1 Å². The molecule has 0 aliphatic carbocycles. The van der Waals surface area contributed by atoms with Crippen LogP contribution in [0.15, 0.2) is 39.3 Å². The van der Waals surface area contributed by atoms with E-state index in [2.05, 4.69) is 47.3 Å². The molecule has 11 heteroatoms. The smallest absolute Gasteiger partial charge is 0.383 e. The standard InChI is InChI=1S/C17H13Br2F3N4O2/c1-28-7-6-23-16(27)14-13(19)15-24-11(9-2-4-10(18)5-3-9)8-12(17(20,21)22)26(15)25-14/h2-5,8H,6-7H2,1H3,(H,23,27). The van der Waals surface area contributed by atoms with Gasteiger partial charge >= 0.3 is 6.18 Å². The van der Waals surface area contributed by atoms with E-state index in [1.807, 2.05) is 0 Å². The number of fused-ring (bicyclic) bond motifs is 1. The van der Waals surface area contributed by atoms with Gasteiger partial charge in [0.05, 0.1) is 16.8 Å². The summed E-state index contributed by atoms with van der Waals surface area (Å²) in [7, 11) is 1.47. The molecule has 28 heavy (non-hydrogen) atoms. The van der Waals surface area contributed by atoms with Crippen molar-refractivity contribution in [3.05, 3.63) is 50.7 Å². The van der Waals surface area contributed by atoms with Crippen LogP contribution in [0, 0.1) is 0 Å². The summed E-state index contributed by atoms with van der Waals surface area (Å²) >= 11 is 6.45. The number of alkyl halides is 3. The van der Waals surface area contributed by atoms with E-state index in [1.165, 1.54) is 7.11 Å². The Bertz CT molecular complexity index is 1020. The number of carbonyl (C=O) groups excluding carboxylic acids is 1. The molecule has 3 rings (SSSR count). The van der Waals surface area contributed by atoms with Gasteiger partial charge in [-0.25, -0.2) is 9.50 Å². The van der Waals surface area contributed by atoms with Crippen molar-refractivity contribution in [2.24, 2.45) is 0 Å². The van der Waals surface area contributed by atoms with Gasteiger partial charge in [0.15, 0.2) is 17.0 Å². The number of halogens is 5. The molecule has 1 amide bonds. The van der Waals surface area contributed by atoms with Gasteiger partial charge in [0, 0.05) is 23.7 Å². The van der Waals surface area contributed by atoms with Crippen LogP contribution in [0.3, 0.4) is 0 Å². The van der Waals surface area contributed by atoms with Crippen LogP contribution in [0.2, 0.25) is 0 Å². The van der Waals surface area contributed by atoms with E-state index in [-0.39, 0.29) is 34.7 Å². The van der Waals surface area contributed by atoms with E-state index in [4.69, 9.17) is 4.74 Å². The van der Waals surface area contributed by atoms with E-state index >= 15 is 0 Å². The highest BCUT2D eigenvalue weighted by Gasteiger charge is 2.36. The molecule has 0 saturated heterocycles. The van der Waals surface area contributed by atoms with Crippen LogP contribution >= 0.6 is 31.9 Å². The summed E-state index contributed by atoms with van der Waals surface area (Å²) in [6, 6.07) is 7.60. The molecule has 0 spiro atoms. The monoisotopic (exact) mass is 520 g/mol. The zero-order valence-electron chi connectivity index (χ0n) is 14.3. The van der Waals surface area contributed by atoms with Gasteiger partial charge in [0.2, 0.25) is 0 Å². The zero-order chi connectivity index (χ0) is 20.5. The van der Waals surface area contributed by atoms with Crippen LogP contribution in [0.4, 0.5) is 13.2 Å². The molecule has 2 heterocycles. The number of hydrogen-bond acceptors (Lipinski definition) is 4. The minimum Gasteiger partial charge on any atom is -0.383 e. The Morgan fingerprint density at radius 2 is 1.93 bits per heavy atom. The van der Waals surface area contributed by atoms with Gasteiger partial charge in [-0.2, -0.15) is 18.3 Å². The van der Waals surface area contributed by atoms with Gasteiger partial charge in [0.1, 0.15) is 0 Å². The topological polar surface area (TPSA) is 68.5 Å². The van der Waals surface area contributed by atoms with E-state index in [0.717, 1.165) is 10.5 Å². The highest BCUT2D eigenvalue weighted by Crippen LogP contribution is 2.34. The first-order valence-corrected chi connectivity index (χ1v) is 9.50. The number of nitrogens with one attached hydrogen (secondary N) is 1. The van der Waals surface area contributed by atoms with Gasteiger partial charge in [-0.05, 0) is 34.1 Å². The molecule has 2 aromatic heterocycles. The molecular formula is C17H13Br2F3N4O2. The summed E-state index contributed by atoms with van der Waals surface area (Å²) in [6.45, 7) is 0.454. The zero-order valence-corrected chi connectivity index (χ0v) is 17.5. The lowest BCUT2D eigenvalue weighted by Crippen LogP contribution is -2.27. The summed E-state index contributed by atoms with van der Waals surface area (Å²) in [4.78, 5) is 16.6. The molecule has 148 valence electrons. The van der Waals surface area contributed by atoms with Crippen molar-refractivity contribution in [3.8, 4) is 11.3 Å². The minimum atomic E-state index is -4.69. The Labute approximate surface area is 174 Å². The van der Waals surface area contributed by atoms with Crippen molar-refractivity contribution in [3.63, 3.8) is 0 Å². The van der Waals surface area contributed by atoms with Crippen molar-refractivity contribution in [2.75, 3.05) is 20.3 Å². The van der Waals surface area contributed by atoms with Crippen LogP contribution in [-0.2, 0) is 10.9 Å². The number of rotatable bonds is 5. The molecule has 1 N–H and O–H groups in total. The maximum absolute atomic E-state index is 13.6. The fourth-order valence-electron chi connectivity index (χ4n) is 2.46. The van der Waals surface area contributed by atoms with Crippen LogP contribution in [0.25, 0.3) is 16.9 Å². The van der Waals surface area contributed by atoms with Crippen molar-refractivity contribution in [1.82, 2.24) is 19.9 Å². The van der Waals surface area contributed by atoms with Crippen LogP contribution in [0.1, 0.15) is 16.2 Å². The predicted molar refractivity (Wildman–Crippen MR) is 103 cm³/mol. The first-order valence-electron chi connectivity index (χ1n) is 7.92. The first-order chi connectivity index (χ1) is 13.2. The Balaban J connectivity index is 2.15. The lowest BCUT2D eigenvalue weighted by atomic mass is 10.1. The summed E-state index contributed by atoms with van der Waals surface area (Å²) in [6.07, 6.45) is -4.69. The largest absolute Gasteiger partial charge is 0.433 e. The molecule has 0 unspecified atom stereocenters. The van der Waals surface area contributed by atoms with Gasteiger partial charge in [0.25, 0.3) is 5.91 Å². The average Bonchev–Trinajstić information content (AvgIpc) is 2.98. The summed E-state index contributed by atoms with van der Waals surface area (Å²) in [5.74, 6) is -0.632. The number of aromatic nitrogens is 3. The fourth-order valence-corrected chi connectivity index (χ4v) is 3.24. The van der Waals surface area contributed by atoms with Gasteiger partial charge in [-0.15, -0.1) is 0 Å². The molecule has 6 nitrogen and oxygen atoms in total. The minimum absolute atomic E-state index is 0.0758. The second-order valence-electron chi connectivity index (χ2n) is 5.68. The second kappa shape index (κ2) is 8.18. The highest BCUT2D eigenvalue weighted by molar-refractivity contribution is 9.11. The van der Waals surface area contributed by atoms with E-state index in [0.29, 0.717) is 10.1 Å². The molecule has 0 fully saturated rings. The molecule has 0 atom stereocenters. The number of methoxy groups -OCH3 is 1. The van der Waals surface area contributed by atoms with Crippen LogP contribution < -0.4 is 5.32 Å². The molecule has 3 aromatic rings. The van der Waals surface area contributed by atoms with Crippen molar-refractivity contribution in [1.29, 1.82) is 0 Å². The van der Waals surface area contributed by atoms with E-state index in [9.17, 15) is 18.0 Å². The normalized spacial score (nSPS) is 11.8. The average molecular weight is 522 g/mol. The lowest BCUT2D eigenvalue weighted by molar-refractivity contribution is -0.142. The van der Waals surface area contributed by atoms with Crippen molar-refractivity contribution in [2.45, 2.75) is 6.18 Å². The quantitative estimate of drug-likeness (QED) is 0.508. The SMILES string of the molecule is COCCNC(=O)c1nn2c(C(F)(F)F)cc(-c3ccc(Br)cc3)nc2c1Br. The maximum Gasteiger partial charge on any atom is 0.433 e.